The van der Waals surface area contributed by atoms with Crippen LogP contribution in [-0.4, -0.2) is 35.0 Å². The maximum Gasteiger partial charge on any atom is 0.186 e. The number of benzene rings is 4. The summed E-state index contributed by atoms with van der Waals surface area (Å²) in [5.41, 5.74) is 4.57. The fourth-order valence-electron chi connectivity index (χ4n) is 6.57. The average molecular weight is 545 g/mol. The number of rotatable bonds is 2. The van der Waals surface area contributed by atoms with E-state index in [-0.39, 0.29) is 10.1 Å². The molecular weight excluding hydrogens is 519 g/mol. The third-order valence-corrected chi connectivity index (χ3v) is 14.4. The summed E-state index contributed by atoms with van der Waals surface area (Å²) in [7, 11) is -2.65. The molecule has 4 aromatic rings. The van der Waals surface area contributed by atoms with Gasteiger partial charge in [-0.3, -0.25) is 0 Å². The molecule has 8 heteroatoms. The molecule has 0 aromatic heterocycles. The van der Waals surface area contributed by atoms with Gasteiger partial charge in [0.15, 0.2) is 17.0 Å². The third-order valence-electron chi connectivity index (χ3n) is 8.48. The van der Waals surface area contributed by atoms with Crippen molar-refractivity contribution in [1.82, 2.24) is 0 Å². The molecule has 0 N–H and O–H groups in total. The quantitative estimate of drug-likeness (QED) is 0.286. The van der Waals surface area contributed by atoms with Gasteiger partial charge in [0.05, 0.1) is 15.8 Å². The molecule has 0 saturated carbocycles. The number of nitrogens with zero attached hydrogens (tertiary/aromatic N) is 1. The molecule has 3 atom stereocenters. The van der Waals surface area contributed by atoms with Crippen LogP contribution in [0.2, 0.25) is 0 Å². The Morgan fingerprint density at radius 3 is 1.97 bits per heavy atom. The lowest BCUT2D eigenvalue weighted by Crippen LogP contribution is -2.46. The number of hydrogen-bond acceptors (Lipinski definition) is 4. The van der Waals surface area contributed by atoms with Crippen LogP contribution in [0.25, 0.3) is 0 Å². The van der Waals surface area contributed by atoms with E-state index in [0.29, 0.717) is 10.6 Å². The summed E-state index contributed by atoms with van der Waals surface area (Å²) in [6.07, 6.45) is 5.61. The summed E-state index contributed by atoms with van der Waals surface area (Å²) >= 11 is 0. The standard InChI is InChI=1S/C31H26B2NO3PS/c32-31(33)23-12-4-6-14-25(23)34(26-15-7-5-13-24(26)31)21-18-19-30-28(20-21)38(35,22-10-2-1-3-11-22)27-16-8-9-17-29(27)39(30,36)37/h1-20,28,30H,32-33H2. The molecule has 4 nitrogen and oxygen atoms in total. The van der Waals surface area contributed by atoms with Crippen molar-refractivity contribution >= 4 is 54.7 Å². The van der Waals surface area contributed by atoms with Gasteiger partial charge in [0.25, 0.3) is 0 Å². The number of fused-ring (bicyclic) bond motifs is 4. The molecule has 39 heavy (non-hydrogen) atoms. The highest BCUT2D eigenvalue weighted by Crippen LogP contribution is 2.59. The van der Waals surface area contributed by atoms with Crippen molar-refractivity contribution in [2.45, 2.75) is 21.0 Å². The molecule has 0 spiro atoms. The van der Waals surface area contributed by atoms with Crippen molar-refractivity contribution < 1.29 is 13.0 Å². The van der Waals surface area contributed by atoms with Crippen molar-refractivity contribution in [2.75, 3.05) is 4.90 Å². The number of hydrogen-bond donors (Lipinski definition) is 0. The molecule has 3 aliphatic rings. The van der Waals surface area contributed by atoms with E-state index in [1.165, 1.54) is 11.1 Å². The van der Waals surface area contributed by atoms with E-state index in [9.17, 15) is 8.42 Å². The minimum atomic E-state index is -3.74. The van der Waals surface area contributed by atoms with E-state index in [1.54, 1.807) is 30.3 Å². The van der Waals surface area contributed by atoms with E-state index in [1.807, 2.05) is 54.6 Å². The van der Waals surface area contributed by atoms with E-state index in [0.717, 1.165) is 17.1 Å². The molecule has 0 saturated heterocycles. The predicted octanol–water partition coefficient (Wildman–Crippen LogP) is 3.60. The number of allylic oxidation sites excluding steroid dienone is 2. The molecule has 0 radical (unpaired) electrons. The number of anilines is 2. The topological polar surface area (TPSA) is 54.5 Å². The van der Waals surface area contributed by atoms with E-state index in [2.05, 4.69) is 57.0 Å². The second-order valence-corrected chi connectivity index (χ2v) is 15.9. The lowest BCUT2D eigenvalue weighted by atomic mass is 9.46. The normalized spacial score (nSPS) is 25.4. The molecule has 0 fully saturated rings. The highest BCUT2D eigenvalue weighted by Gasteiger charge is 2.53. The van der Waals surface area contributed by atoms with Crippen LogP contribution in [0.1, 0.15) is 11.1 Å². The molecule has 0 bridgehead atoms. The van der Waals surface area contributed by atoms with Gasteiger partial charge in [-0.05, 0) is 52.8 Å². The largest absolute Gasteiger partial charge is 0.313 e. The highest BCUT2D eigenvalue weighted by molar-refractivity contribution is 7.96. The maximum absolute atomic E-state index is 15.4. The lowest BCUT2D eigenvalue weighted by Gasteiger charge is -2.44. The zero-order valence-electron chi connectivity index (χ0n) is 21.7. The molecule has 1 aliphatic carbocycles. The Bertz CT molecular complexity index is 1820. The van der Waals surface area contributed by atoms with Gasteiger partial charge in [0.2, 0.25) is 0 Å². The summed E-state index contributed by atoms with van der Waals surface area (Å²) in [5, 5.41) is -0.0240. The van der Waals surface area contributed by atoms with Crippen LogP contribution in [-0.2, 0) is 19.6 Å². The molecule has 7 rings (SSSR count). The van der Waals surface area contributed by atoms with Gasteiger partial charge in [-0.2, -0.15) is 0 Å². The molecular formula is C31H26B2NO3PS. The Morgan fingerprint density at radius 2 is 1.31 bits per heavy atom. The minimum Gasteiger partial charge on any atom is -0.313 e. The SMILES string of the molecule is BC1(B)c2ccccc2N(C2=CC3C(C=C2)S(=O)(=O)c2ccccc2P3(=O)c2ccccc2)c2ccccc21. The highest BCUT2D eigenvalue weighted by atomic mass is 32.2. The van der Waals surface area contributed by atoms with Crippen molar-refractivity contribution in [3.8, 4) is 0 Å². The Hall–Kier alpha value is -3.53. The van der Waals surface area contributed by atoms with Crippen LogP contribution < -0.4 is 15.5 Å². The van der Waals surface area contributed by atoms with Crippen molar-refractivity contribution in [1.29, 1.82) is 0 Å². The predicted molar refractivity (Wildman–Crippen MR) is 165 cm³/mol. The second kappa shape index (κ2) is 8.48. The van der Waals surface area contributed by atoms with Gasteiger partial charge < -0.3 is 9.46 Å². The zero-order chi connectivity index (χ0) is 27.0. The summed E-state index contributed by atoms with van der Waals surface area (Å²) in [4.78, 5) is 2.38. The zero-order valence-corrected chi connectivity index (χ0v) is 23.4. The van der Waals surface area contributed by atoms with Crippen LogP contribution in [0.5, 0.6) is 0 Å². The van der Waals surface area contributed by atoms with Crippen LogP contribution in [0, 0.1) is 0 Å². The first-order chi connectivity index (χ1) is 18.8. The molecule has 2 aliphatic heterocycles. The van der Waals surface area contributed by atoms with E-state index < -0.39 is 27.9 Å². The smallest absolute Gasteiger partial charge is 0.186 e. The maximum atomic E-state index is 15.4. The summed E-state index contributed by atoms with van der Waals surface area (Å²) in [6.45, 7) is 0. The number of sulfone groups is 1. The van der Waals surface area contributed by atoms with Gasteiger partial charge in [-0.25, -0.2) is 8.42 Å². The van der Waals surface area contributed by atoms with Crippen molar-refractivity contribution in [2.24, 2.45) is 0 Å². The van der Waals surface area contributed by atoms with Crippen LogP contribution in [0.3, 0.4) is 0 Å². The molecule has 190 valence electrons. The van der Waals surface area contributed by atoms with Gasteiger partial charge in [0, 0.05) is 27.7 Å². The molecule has 3 unspecified atom stereocenters. The van der Waals surface area contributed by atoms with Gasteiger partial charge in [-0.15, -0.1) is 0 Å². The molecule has 4 aromatic carbocycles. The fourth-order valence-corrected chi connectivity index (χ4v) is 13.1. The van der Waals surface area contributed by atoms with Crippen LogP contribution in [0.4, 0.5) is 11.4 Å². The van der Waals surface area contributed by atoms with Crippen LogP contribution >= 0.6 is 7.14 Å². The first-order valence-electron chi connectivity index (χ1n) is 13.1. The van der Waals surface area contributed by atoms with Crippen molar-refractivity contribution in [3.05, 3.63) is 138 Å². The monoisotopic (exact) mass is 545 g/mol. The number of para-hydroxylation sites is 2. The minimum absolute atomic E-state index is 0.176. The van der Waals surface area contributed by atoms with E-state index >= 15 is 4.57 Å². The van der Waals surface area contributed by atoms with Crippen molar-refractivity contribution in [3.63, 3.8) is 0 Å². The molecule has 2 heterocycles. The Labute approximate surface area is 231 Å². The van der Waals surface area contributed by atoms with Gasteiger partial charge in [0.1, 0.15) is 15.7 Å². The Morgan fingerprint density at radius 1 is 0.744 bits per heavy atom. The van der Waals surface area contributed by atoms with Gasteiger partial charge in [-0.1, -0.05) is 84.9 Å². The van der Waals surface area contributed by atoms with Gasteiger partial charge >= 0.3 is 0 Å². The summed E-state index contributed by atoms with van der Waals surface area (Å²) < 4.78 is 43.2. The Kier molecular flexibility index (Phi) is 5.33. The first-order valence-corrected chi connectivity index (χ1v) is 16.5. The first kappa shape index (κ1) is 24.5. The Balaban J connectivity index is 1.50. The summed E-state index contributed by atoms with van der Waals surface area (Å²) in [6, 6.07) is 32.9. The van der Waals surface area contributed by atoms with Crippen LogP contribution in [0.15, 0.2) is 132 Å². The second-order valence-electron chi connectivity index (χ2n) is 10.9. The van der Waals surface area contributed by atoms with E-state index in [4.69, 9.17) is 0 Å². The fraction of sp³-hybridized carbons (Fsp3) is 0.0968. The molecule has 0 amide bonds. The average Bonchev–Trinajstić information content (AvgIpc) is 2.97. The third kappa shape index (κ3) is 3.33. The lowest BCUT2D eigenvalue weighted by molar-refractivity contribution is 0.567. The summed E-state index contributed by atoms with van der Waals surface area (Å²) in [5.74, 6) is 0.